The van der Waals surface area contributed by atoms with Crippen molar-refractivity contribution < 1.29 is 19.8 Å². The summed E-state index contributed by atoms with van der Waals surface area (Å²) in [6.07, 6.45) is -0.998. The van der Waals surface area contributed by atoms with Crippen molar-refractivity contribution in [2.75, 3.05) is 0 Å². The summed E-state index contributed by atoms with van der Waals surface area (Å²) in [6.45, 7) is 1.41. The summed E-state index contributed by atoms with van der Waals surface area (Å²) in [6, 6.07) is -0.811. The summed E-state index contributed by atoms with van der Waals surface area (Å²) in [5.41, 5.74) is 2.13. The van der Waals surface area contributed by atoms with Crippen molar-refractivity contribution in [1.29, 1.82) is 0 Å². The van der Waals surface area contributed by atoms with Crippen LogP contribution in [0.2, 0.25) is 0 Å². The lowest BCUT2D eigenvalue weighted by molar-refractivity contribution is -0.150. The Bertz CT molecular complexity index is 118. The maximum absolute atomic E-state index is 10.1. The molecule has 0 bridgehead atoms. The van der Waals surface area contributed by atoms with E-state index in [9.17, 15) is 4.79 Å². The van der Waals surface area contributed by atoms with E-state index in [2.05, 4.69) is 10.3 Å². The summed E-state index contributed by atoms with van der Waals surface area (Å²) in [5, 5.41) is 16.8. The number of carbonyl (C=O) groups is 1. The second-order valence-corrected chi connectivity index (χ2v) is 1.89. The molecule has 6 heteroatoms. The van der Waals surface area contributed by atoms with Crippen LogP contribution < -0.4 is 5.48 Å². The van der Waals surface area contributed by atoms with E-state index in [-0.39, 0.29) is 0 Å². The Labute approximate surface area is 59.4 Å². The van der Waals surface area contributed by atoms with Gasteiger partial charge in [0.15, 0.2) is 7.85 Å². The van der Waals surface area contributed by atoms with Gasteiger partial charge in [-0.1, -0.05) is 0 Å². The maximum atomic E-state index is 10.1. The van der Waals surface area contributed by atoms with E-state index in [1.54, 1.807) is 0 Å². The van der Waals surface area contributed by atoms with Crippen molar-refractivity contribution in [3.05, 3.63) is 0 Å². The summed E-state index contributed by atoms with van der Waals surface area (Å²) in [4.78, 5) is 14.5. The van der Waals surface area contributed by atoms with E-state index in [4.69, 9.17) is 10.2 Å². The number of aliphatic hydroxyl groups excluding tert-OH is 1. The van der Waals surface area contributed by atoms with Crippen molar-refractivity contribution in [3.8, 4) is 0 Å². The van der Waals surface area contributed by atoms with Crippen LogP contribution >= 0.6 is 0 Å². The summed E-state index contributed by atoms with van der Waals surface area (Å²) < 4.78 is 0. The maximum Gasteiger partial charge on any atom is 0.322 e. The standard InChI is InChI=1S/C4H10BNO4/c1-2(3(7)8)6-10-4(5)9/h2,4,6,9H,5H2,1H3,(H,7,8)/t2-,4+/m0/s1. The topological polar surface area (TPSA) is 78.8 Å². The Morgan fingerprint density at radius 3 is 2.60 bits per heavy atom. The number of hydroxylamine groups is 1. The van der Waals surface area contributed by atoms with E-state index < -0.39 is 18.2 Å². The van der Waals surface area contributed by atoms with Crippen LogP contribution in [0.4, 0.5) is 0 Å². The molecule has 0 heterocycles. The van der Waals surface area contributed by atoms with Gasteiger partial charge in [0, 0.05) is 0 Å². The molecular formula is C4H10BNO4. The van der Waals surface area contributed by atoms with Crippen LogP contribution in [0.5, 0.6) is 0 Å². The molecule has 0 unspecified atom stereocenters. The average Bonchev–Trinajstić information content (AvgIpc) is 1.82. The van der Waals surface area contributed by atoms with E-state index in [1.807, 2.05) is 0 Å². The highest BCUT2D eigenvalue weighted by Crippen LogP contribution is 1.82. The fourth-order valence-corrected chi connectivity index (χ4v) is 0.251. The smallest absolute Gasteiger partial charge is 0.322 e. The molecule has 0 aliphatic rings. The lowest BCUT2D eigenvalue weighted by Crippen LogP contribution is -2.36. The van der Waals surface area contributed by atoms with Gasteiger partial charge in [-0.15, -0.1) is 0 Å². The summed E-state index contributed by atoms with van der Waals surface area (Å²) in [5.74, 6) is -1.03. The number of aliphatic carboxylic acids is 1. The lowest BCUT2D eigenvalue weighted by Gasteiger charge is -2.10. The summed E-state index contributed by atoms with van der Waals surface area (Å²) >= 11 is 0. The number of aliphatic hydroxyl groups is 1. The van der Waals surface area contributed by atoms with E-state index in [0.717, 1.165) is 0 Å². The molecule has 0 aromatic carbocycles. The first-order chi connectivity index (χ1) is 4.54. The third-order valence-electron chi connectivity index (χ3n) is 0.786. The minimum absolute atomic E-state index is 0.811. The van der Waals surface area contributed by atoms with Crippen molar-refractivity contribution in [1.82, 2.24) is 5.48 Å². The van der Waals surface area contributed by atoms with Crippen LogP contribution in [0.15, 0.2) is 0 Å². The van der Waals surface area contributed by atoms with Gasteiger partial charge in [-0.3, -0.25) is 9.63 Å². The molecule has 0 fully saturated rings. The van der Waals surface area contributed by atoms with Gasteiger partial charge in [0.2, 0.25) is 0 Å². The third-order valence-corrected chi connectivity index (χ3v) is 0.786. The van der Waals surface area contributed by atoms with E-state index in [0.29, 0.717) is 0 Å². The number of carboxylic acids is 1. The zero-order valence-corrected chi connectivity index (χ0v) is 5.87. The minimum Gasteiger partial charge on any atom is -0.480 e. The number of carboxylic acid groups (broad SMARTS) is 1. The van der Waals surface area contributed by atoms with Gasteiger partial charge in [-0.05, 0) is 6.92 Å². The van der Waals surface area contributed by atoms with Crippen LogP contribution in [0.3, 0.4) is 0 Å². The first-order valence-corrected chi connectivity index (χ1v) is 2.86. The van der Waals surface area contributed by atoms with E-state index in [1.165, 1.54) is 14.8 Å². The Morgan fingerprint density at radius 2 is 2.30 bits per heavy atom. The molecule has 0 saturated carbocycles. The molecule has 0 radical (unpaired) electrons. The number of hydrogen-bond donors (Lipinski definition) is 3. The molecule has 58 valence electrons. The van der Waals surface area contributed by atoms with Crippen LogP contribution in [0, 0.1) is 0 Å². The Morgan fingerprint density at radius 1 is 1.80 bits per heavy atom. The van der Waals surface area contributed by atoms with Crippen LogP contribution in [0.25, 0.3) is 0 Å². The molecular weight excluding hydrogens is 137 g/mol. The number of rotatable bonds is 4. The number of nitrogens with one attached hydrogen (secondary N) is 1. The molecule has 5 nitrogen and oxygen atoms in total. The van der Waals surface area contributed by atoms with Crippen molar-refractivity contribution in [3.63, 3.8) is 0 Å². The van der Waals surface area contributed by atoms with Gasteiger partial charge < -0.3 is 10.2 Å². The highest BCUT2D eigenvalue weighted by molar-refractivity contribution is 6.09. The second-order valence-electron chi connectivity index (χ2n) is 1.89. The summed E-state index contributed by atoms with van der Waals surface area (Å²) in [7, 11) is 1.38. The molecule has 0 aromatic heterocycles. The Kier molecular flexibility index (Phi) is 4.02. The van der Waals surface area contributed by atoms with Gasteiger partial charge in [-0.25, -0.2) is 0 Å². The number of hydrogen-bond acceptors (Lipinski definition) is 4. The average molecular weight is 147 g/mol. The minimum atomic E-state index is -1.03. The quantitative estimate of drug-likeness (QED) is 0.241. The van der Waals surface area contributed by atoms with Gasteiger partial charge in [0.25, 0.3) is 0 Å². The first kappa shape index (κ1) is 9.41. The largest absolute Gasteiger partial charge is 0.480 e. The third kappa shape index (κ3) is 4.31. The molecule has 0 saturated heterocycles. The van der Waals surface area contributed by atoms with Crippen LogP contribution in [-0.2, 0) is 9.63 Å². The predicted molar refractivity (Wildman–Crippen MR) is 35.9 cm³/mol. The first-order valence-electron chi connectivity index (χ1n) is 2.86. The molecule has 0 spiro atoms. The highest BCUT2D eigenvalue weighted by Gasteiger charge is 2.10. The SMILES string of the molecule is B[C@H](O)ON[C@@H](C)C(=O)O. The zero-order chi connectivity index (χ0) is 8.15. The Hall–Kier alpha value is -0.585. The monoisotopic (exact) mass is 147 g/mol. The molecule has 2 atom stereocenters. The highest BCUT2D eigenvalue weighted by atomic mass is 16.7. The molecule has 0 aromatic rings. The van der Waals surface area contributed by atoms with Gasteiger partial charge in [0.05, 0.1) is 0 Å². The fraction of sp³-hybridized carbons (Fsp3) is 0.750. The normalized spacial score (nSPS) is 16.2. The molecule has 3 N–H and O–H groups in total. The zero-order valence-electron chi connectivity index (χ0n) is 5.87. The van der Waals surface area contributed by atoms with Gasteiger partial charge >= 0.3 is 5.97 Å². The van der Waals surface area contributed by atoms with Crippen LogP contribution in [0.1, 0.15) is 6.92 Å². The van der Waals surface area contributed by atoms with Crippen molar-refractivity contribution >= 4 is 13.8 Å². The molecule has 0 aliphatic carbocycles. The van der Waals surface area contributed by atoms with Gasteiger partial charge in [-0.2, -0.15) is 5.48 Å². The molecule has 0 aliphatic heterocycles. The second kappa shape index (κ2) is 4.27. The van der Waals surface area contributed by atoms with E-state index >= 15 is 0 Å². The molecule has 0 amide bonds. The lowest BCUT2D eigenvalue weighted by atomic mass is 10.1. The molecule has 0 rings (SSSR count). The van der Waals surface area contributed by atoms with Crippen molar-refractivity contribution in [2.45, 2.75) is 19.2 Å². The Balaban J connectivity index is 3.40. The predicted octanol–water partition coefficient (Wildman–Crippen LogP) is -2.11. The van der Waals surface area contributed by atoms with Crippen molar-refractivity contribution in [2.24, 2.45) is 0 Å². The molecule has 10 heavy (non-hydrogen) atoms. The van der Waals surface area contributed by atoms with Crippen LogP contribution in [-0.4, -0.2) is 36.3 Å². The fourth-order valence-electron chi connectivity index (χ4n) is 0.251. The van der Waals surface area contributed by atoms with Gasteiger partial charge in [0.1, 0.15) is 12.2 Å².